The fourth-order valence-electron chi connectivity index (χ4n) is 2.70. The highest BCUT2D eigenvalue weighted by Crippen LogP contribution is 2.41. The maximum atomic E-state index is 11.8. The second kappa shape index (κ2) is 5.47. The first-order valence-electron chi connectivity index (χ1n) is 5.98. The number of amides is 1. The van der Waals surface area contributed by atoms with Gasteiger partial charge in [0.1, 0.15) is 0 Å². The highest BCUT2D eigenvalue weighted by atomic mass is 35.5. The second-order valence-electron chi connectivity index (χ2n) is 4.89. The molecule has 0 spiro atoms. The normalized spacial score (nSPS) is 28.2. The van der Waals surface area contributed by atoms with E-state index in [0.717, 1.165) is 18.7 Å². The molecule has 1 heterocycles. The van der Waals surface area contributed by atoms with Crippen LogP contribution in [-0.4, -0.2) is 25.0 Å². The summed E-state index contributed by atoms with van der Waals surface area (Å²) in [5.74, 6) is 1.43. The molecule has 3 rings (SSSR count). The molecule has 98 valence electrons. The summed E-state index contributed by atoms with van der Waals surface area (Å²) in [6.45, 7) is 2.10. The number of halogens is 2. The Bertz CT molecular complexity index is 442. The molecule has 1 aromatic carbocycles. The van der Waals surface area contributed by atoms with Crippen LogP contribution >= 0.6 is 24.0 Å². The largest absolute Gasteiger partial charge is 0.352 e. The summed E-state index contributed by atoms with van der Waals surface area (Å²) in [6, 6.07) is 7.88. The predicted molar refractivity (Wildman–Crippen MR) is 74.2 cm³/mol. The number of rotatable bonds is 3. The monoisotopic (exact) mass is 286 g/mol. The zero-order valence-corrected chi connectivity index (χ0v) is 11.4. The van der Waals surface area contributed by atoms with E-state index in [4.69, 9.17) is 11.6 Å². The Hall–Kier alpha value is -0.770. The van der Waals surface area contributed by atoms with E-state index in [-0.39, 0.29) is 18.3 Å². The Balaban J connectivity index is 0.00000120. The van der Waals surface area contributed by atoms with Crippen molar-refractivity contribution in [2.45, 2.75) is 12.5 Å². The average Bonchev–Trinajstić information content (AvgIpc) is 2.74. The molecule has 0 bridgehead atoms. The summed E-state index contributed by atoms with van der Waals surface area (Å²) in [6.07, 6.45) is 0.421. The van der Waals surface area contributed by atoms with Crippen LogP contribution in [0.15, 0.2) is 24.3 Å². The summed E-state index contributed by atoms with van der Waals surface area (Å²) in [5, 5.41) is 7.10. The number of hydrogen-bond acceptors (Lipinski definition) is 2. The van der Waals surface area contributed by atoms with Gasteiger partial charge in [0.2, 0.25) is 5.91 Å². The fraction of sp³-hybridized carbons (Fsp3) is 0.462. The Morgan fingerprint density at radius 2 is 2.11 bits per heavy atom. The summed E-state index contributed by atoms with van der Waals surface area (Å²) >= 11 is 5.88. The van der Waals surface area contributed by atoms with Crippen LogP contribution in [0, 0.1) is 11.8 Å². The van der Waals surface area contributed by atoms with E-state index < -0.39 is 0 Å². The number of piperidine rings is 1. The van der Waals surface area contributed by atoms with Crippen molar-refractivity contribution in [3.8, 4) is 0 Å². The minimum absolute atomic E-state index is 0. The molecule has 1 aliphatic heterocycles. The lowest BCUT2D eigenvalue weighted by Gasteiger charge is -2.07. The molecule has 2 unspecified atom stereocenters. The third kappa shape index (κ3) is 2.79. The van der Waals surface area contributed by atoms with E-state index in [0.29, 0.717) is 29.3 Å². The van der Waals surface area contributed by atoms with E-state index in [9.17, 15) is 4.79 Å². The quantitative estimate of drug-likeness (QED) is 0.887. The molecule has 1 aromatic rings. The number of hydrogen-bond donors (Lipinski definition) is 2. The molecule has 18 heavy (non-hydrogen) atoms. The van der Waals surface area contributed by atoms with Crippen molar-refractivity contribution < 1.29 is 4.79 Å². The number of nitrogens with one attached hydrogen (secondary N) is 2. The van der Waals surface area contributed by atoms with Gasteiger partial charge in [0.15, 0.2) is 0 Å². The number of carbonyl (C=O) groups is 1. The van der Waals surface area contributed by atoms with E-state index in [2.05, 4.69) is 10.6 Å². The van der Waals surface area contributed by atoms with Crippen LogP contribution in [0.5, 0.6) is 0 Å². The van der Waals surface area contributed by atoms with Gasteiger partial charge in [-0.15, -0.1) is 12.4 Å². The highest BCUT2D eigenvalue weighted by molar-refractivity contribution is 6.30. The molecule has 0 radical (unpaired) electrons. The van der Waals surface area contributed by atoms with Crippen LogP contribution in [0.2, 0.25) is 5.02 Å². The Morgan fingerprint density at radius 1 is 1.39 bits per heavy atom. The SMILES string of the molecule is Cl.O=C(Cc1cccc(Cl)c1)NC1C2CNCC21. The van der Waals surface area contributed by atoms with Gasteiger partial charge in [0.05, 0.1) is 6.42 Å². The molecule has 1 aliphatic carbocycles. The molecule has 2 N–H and O–H groups in total. The topological polar surface area (TPSA) is 41.1 Å². The van der Waals surface area contributed by atoms with Crippen molar-refractivity contribution in [2.75, 3.05) is 13.1 Å². The van der Waals surface area contributed by atoms with Gasteiger partial charge < -0.3 is 10.6 Å². The fourth-order valence-corrected chi connectivity index (χ4v) is 2.91. The maximum Gasteiger partial charge on any atom is 0.224 e. The first-order chi connectivity index (χ1) is 8.24. The molecule has 2 atom stereocenters. The van der Waals surface area contributed by atoms with Crippen molar-refractivity contribution >= 4 is 29.9 Å². The molecule has 1 amide bonds. The summed E-state index contributed by atoms with van der Waals surface area (Å²) in [7, 11) is 0. The Labute approximate surface area is 118 Å². The van der Waals surface area contributed by atoms with Gasteiger partial charge in [-0.05, 0) is 29.5 Å². The molecular weight excluding hydrogens is 271 g/mol. The van der Waals surface area contributed by atoms with Crippen molar-refractivity contribution in [2.24, 2.45) is 11.8 Å². The third-order valence-corrected chi connectivity index (χ3v) is 3.91. The van der Waals surface area contributed by atoms with Gasteiger partial charge in [-0.1, -0.05) is 23.7 Å². The molecule has 2 aliphatic rings. The molecular formula is C13H16Cl2N2O. The first-order valence-corrected chi connectivity index (χ1v) is 6.36. The molecule has 3 nitrogen and oxygen atoms in total. The smallest absolute Gasteiger partial charge is 0.224 e. The first kappa shape index (κ1) is 13.7. The van der Waals surface area contributed by atoms with Gasteiger partial charge in [-0.2, -0.15) is 0 Å². The highest BCUT2D eigenvalue weighted by Gasteiger charge is 2.53. The summed E-state index contributed by atoms with van der Waals surface area (Å²) < 4.78 is 0. The number of carbonyl (C=O) groups excluding carboxylic acids is 1. The number of fused-ring (bicyclic) bond motifs is 1. The van der Waals surface area contributed by atoms with Crippen LogP contribution in [0.3, 0.4) is 0 Å². The lowest BCUT2D eigenvalue weighted by Crippen LogP contribution is -2.33. The predicted octanol–water partition coefficient (Wildman–Crippen LogP) is 1.64. The lowest BCUT2D eigenvalue weighted by atomic mass is 10.1. The Kier molecular flexibility index (Phi) is 4.15. The second-order valence-corrected chi connectivity index (χ2v) is 5.32. The molecule has 1 saturated carbocycles. The van der Waals surface area contributed by atoms with Crippen molar-refractivity contribution in [3.63, 3.8) is 0 Å². The number of benzene rings is 1. The molecule has 0 aromatic heterocycles. The van der Waals surface area contributed by atoms with Gasteiger partial charge in [0, 0.05) is 24.2 Å². The van der Waals surface area contributed by atoms with Crippen molar-refractivity contribution in [1.82, 2.24) is 10.6 Å². The van der Waals surface area contributed by atoms with E-state index in [1.165, 1.54) is 0 Å². The minimum atomic E-state index is 0. The van der Waals surface area contributed by atoms with E-state index in [1.807, 2.05) is 24.3 Å². The van der Waals surface area contributed by atoms with Gasteiger partial charge in [-0.3, -0.25) is 4.79 Å². The molecule has 1 saturated heterocycles. The summed E-state index contributed by atoms with van der Waals surface area (Å²) in [5.41, 5.74) is 0.971. The zero-order chi connectivity index (χ0) is 11.8. The van der Waals surface area contributed by atoms with Crippen LogP contribution in [-0.2, 0) is 11.2 Å². The third-order valence-electron chi connectivity index (χ3n) is 3.67. The van der Waals surface area contributed by atoms with Crippen LogP contribution < -0.4 is 10.6 Å². The van der Waals surface area contributed by atoms with Gasteiger partial charge >= 0.3 is 0 Å². The van der Waals surface area contributed by atoms with Crippen LogP contribution in [0.4, 0.5) is 0 Å². The lowest BCUT2D eigenvalue weighted by molar-refractivity contribution is -0.120. The molecule has 2 fully saturated rings. The van der Waals surface area contributed by atoms with Crippen molar-refractivity contribution in [1.29, 1.82) is 0 Å². The van der Waals surface area contributed by atoms with E-state index in [1.54, 1.807) is 0 Å². The summed E-state index contributed by atoms with van der Waals surface area (Å²) in [4.78, 5) is 11.8. The standard InChI is InChI=1S/C13H15ClN2O.ClH/c14-9-3-1-2-8(4-9)5-12(17)16-13-10-6-15-7-11(10)13;/h1-4,10-11,13,15H,5-7H2,(H,16,17);1H. The van der Waals surface area contributed by atoms with Gasteiger partial charge in [-0.25, -0.2) is 0 Å². The van der Waals surface area contributed by atoms with Gasteiger partial charge in [0.25, 0.3) is 0 Å². The van der Waals surface area contributed by atoms with Crippen LogP contribution in [0.1, 0.15) is 5.56 Å². The minimum Gasteiger partial charge on any atom is -0.352 e. The Morgan fingerprint density at radius 3 is 2.78 bits per heavy atom. The average molecular weight is 287 g/mol. The zero-order valence-electron chi connectivity index (χ0n) is 9.86. The van der Waals surface area contributed by atoms with Crippen molar-refractivity contribution in [3.05, 3.63) is 34.9 Å². The van der Waals surface area contributed by atoms with E-state index >= 15 is 0 Å². The maximum absolute atomic E-state index is 11.8. The molecule has 5 heteroatoms. The van der Waals surface area contributed by atoms with Crippen LogP contribution in [0.25, 0.3) is 0 Å².